The van der Waals surface area contributed by atoms with Crippen LogP contribution in [0.2, 0.25) is 0 Å². The van der Waals surface area contributed by atoms with Gasteiger partial charge in [0, 0.05) is 13.3 Å². The molecule has 3 rings (SSSR count). The lowest BCUT2D eigenvalue weighted by molar-refractivity contribution is -0.245. The molecule has 0 saturated carbocycles. The number of rotatable bonds is 6. The first-order chi connectivity index (χ1) is 13.4. The van der Waals surface area contributed by atoms with E-state index >= 15 is 0 Å². The maximum atomic E-state index is 11.1. The number of benzene rings is 1. The van der Waals surface area contributed by atoms with Crippen molar-refractivity contribution in [2.45, 2.75) is 70.6 Å². The molecule has 0 aromatic heterocycles. The number of carbonyl (C=O) groups excluding carboxylic acids is 1. The Bertz CT molecular complexity index is 672. The Labute approximate surface area is 165 Å². The van der Waals surface area contributed by atoms with Crippen LogP contribution in [0, 0.1) is 0 Å². The summed E-state index contributed by atoms with van der Waals surface area (Å²) < 4.78 is 34.1. The Kier molecular flexibility index (Phi) is 6.93. The zero-order valence-electron chi connectivity index (χ0n) is 16.7. The standard InChI is InChI=1S/C21H28O7/c1-13-18(26-15(3)22)9-12-21(25-13)28-19-10-11-20(24-14(19)2)27-17-7-5-16(23-4)6-8-17/h5-9,12-14,18-21H,10-11H2,1-4H3/t13-,14-,18+,19-,20-,21-/m0/s1. The Hall–Kier alpha value is -2.09. The zero-order chi connectivity index (χ0) is 20.1. The van der Waals surface area contributed by atoms with Crippen molar-refractivity contribution >= 4 is 5.97 Å². The van der Waals surface area contributed by atoms with Crippen LogP contribution in [0.1, 0.15) is 33.6 Å². The van der Waals surface area contributed by atoms with E-state index in [1.807, 2.05) is 44.2 Å². The van der Waals surface area contributed by atoms with E-state index in [4.69, 9.17) is 28.4 Å². The molecule has 0 spiro atoms. The van der Waals surface area contributed by atoms with Gasteiger partial charge in [0.2, 0.25) is 0 Å². The van der Waals surface area contributed by atoms with Gasteiger partial charge < -0.3 is 28.4 Å². The third-order valence-corrected chi connectivity index (χ3v) is 4.78. The average Bonchev–Trinajstić information content (AvgIpc) is 2.66. The second kappa shape index (κ2) is 9.41. The van der Waals surface area contributed by atoms with Crippen LogP contribution in [0.15, 0.2) is 36.4 Å². The third-order valence-electron chi connectivity index (χ3n) is 4.78. The van der Waals surface area contributed by atoms with Crippen LogP contribution in [0.25, 0.3) is 0 Å². The van der Waals surface area contributed by atoms with Crippen LogP contribution in [0.4, 0.5) is 0 Å². The fraction of sp³-hybridized carbons (Fsp3) is 0.571. The Morgan fingerprint density at radius 3 is 2.32 bits per heavy atom. The summed E-state index contributed by atoms with van der Waals surface area (Å²) in [5, 5.41) is 0. The predicted octanol–water partition coefficient (Wildman–Crippen LogP) is 3.22. The lowest BCUT2D eigenvalue weighted by Crippen LogP contribution is -2.44. The summed E-state index contributed by atoms with van der Waals surface area (Å²) in [5.41, 5.74) is 0. The van der Waals surface area contributed by atoms with Crippen molar-refractivity contribution in [3.8, 4) is 11.5 Å². The van der Waals surface area contributed by atoms with Crippen LogP contribution in [0.3, 0.4) is 0 Å². The molecule has 1 saturated heterocycles. The highest BCUT2D eigenvalue weighted by Crippen LogP contribution is 2.28. The molecule has 0 unspecified atom stereocenters. The molecule has 2 heterocycles. The zero-order valence-corrected chi connectivity index (χ0v) is 16.7. The quantitative estimate of drug-likeness (QED) is 0.544. The summed E-state index contributed by atoms with van der Waals surface area (Å²) in [6.45, 7) is 5.20. The maximum absolute atomic E-state index is 11.1. The molecule has 154 valence electrons. The molecule has 0 amide bonds. The first-order valence-corrected chi connectivity index (χ1v) is 9.57. The number of ether oxygens (including phenoxy) is 6. The second-order valence-corrected chi connectivity index (χ2v) is 6.98. The molecule has 0 bridgehead atoms. The summed E-state index contributed by atoms with van der Waals surface area (Å²) >= 11 is 0. The third kappa shape index (κ3) is 5.47. The van der Waals surface area contributed by atoms with E-state index in [0.717, 1.165) is 17.9 Å². The molecule has 2 aliphatic heterocycles. The Morgan fingerprint density at radius 2 is 1.71 bits per heavy atom. The molecule has 0 N–H and O–H groups in total. The minimum absolute atomic E-state index is 0.108. The Morgan fingerprint density at radius 1 is 1.00 bits per heavy atom. The van der Waals surface area contributed by atoms with Crippen LogP contribution in [0.5, 0.6) is 11.5 Å². The first-order valence-electron chi connectivity index (χ1n) is 9.57. The second-order valence-electron chi connectivity index (χ2n) is 6.98. The molecular formula is C21H28O7. The van der Waals surface area contributed by atoms with Crippen molar-refractivity contribution in [3.63, 3.8) is 0 Å². The van der Waals surface area contributed by atoms with Crippen molar-refractivity contribution in [2.24, 2.45) is 0 Å². The van der Waals surface area contributed by atoms with E-state index < -0.39 is 6.29 Å². The smallest absolute Gasteiger partial charge is 0.303 e. The SMILES string of the molecule is COc1ccc(O[C@H]2CC[C@H](O[C@H]3C=C[C@@H](OC(C)=O)[C@H](C)O3)[C@H](C)O2)cc1. The van der Waals surface area contributed by atoms with Gasteiger partial charge >= 0.3 is 5.97 Å². The highest BCUT2D eigenvalue weighted by Gasteiger charge is 2.34. The number of hydrogen-bond donors (Lipinski definition) is 0. The van der Waals surface area contributed by atoms with Gasteiger partial charge in [-0.05, 0) is 56.7 Å². The van der Waals surface area contributed by atoms with Crippen LogP contribution in [-0.4, -0.2) is 50.1 Å². The van der Waals surface area contributed by atoms with Gasteiger partial charge in [0.15, 0.2) is 12.6 Å². The van der Waals surface area contributed by atoms with Gasteiger partial charge in [0.1, 0.15) is 17.6 Å². The minimum atomic E-state index is -0.489. The van der Waals surface area contributed by atoms with Crippen molar-refractivity contribution in [2.75, 3.05) is 7.11 Å². The van der Waals surface area contributed by atoms with Gasteiger partial charge in [-0.25, -0.2) is 0 Å². The van der Waals surface area contributed by atoms with Gasteiger partial charge in [0.25, 0.3) is 0 Å². The van der Waals surface area contributed by atoms with Gasteiger partial charge in [-0.3, -0.25) is 4.79 Å². The van der Waals surface area contributed by atoms with Gasteiger partial charge in [-0.15, -0.1) is 0 Å². The van der Waals surface area contributed by atoms with Crippen molar-refractivity contribution in [3.05, 3.63) is 36.4 Å². The minimum Gasteiger partial charge on any atom is -0.497 e. The average molecular weight is 392 g/mol. The largest absolute Gasteiger partial charge is 0.497 e. The summed E-state index contributed by atoms with van der Waals surface area (Å²) in [6.07, 6.45) is 3.36. The highest BCUT2D eigenvalue weighted by molar-refractivity contribution is 5.66. The molecule has 1 fully saturated rings. The molecule has 7 heteroatoms. The molecule has 6 atom stereocenters. The number of hydrogen-bond acceptors (Lipinski definition) is 7. The van der Waals surface area contributed by atoms with E-state index in [0.29, 0.717) is 6.42 Å². The first kappa shape index (κ1) is 20.6. The van der Waals surface area contributed by atoms with E-state index in [9.17, 15) is 4.79 Å². The fourth-order valence-electron chi connectivity index (χ4n) is 3.27. The molecule has 0 aliphatic carbocycles. The van der Waals surface area contributed by atoms with E-state index in [-0.39, 0.29) is 36.7 Å². The van der Waals surface area contributed by atoms with Crippen LogP contribution >= 0.6 is 0 Å². The van der Waals surface area contributed by atoms with Gasteiger partial charge in [-0.1, -0.05) is 0 Å². The fourth-order valence-corrected chi connectivity index (χ4v) is 3.27. The van der Waals surface area contributed by atoms with E-state index in [1.54, 1.807) is 13.2 Å². The number of carbonyl (C=O) groups is 1. The number of esters is 1. The predicted molar refractivity (Wildman–Crippen MR) is 101 cm³/mol. The lowest BCUT2D eigenvalue weighted by atomic mass is 10.1. The van der Waals surface area contributed by atoms with Crippen molar-refractivity contribution in [1.29, 1.82) is 0 Å². The summed E-state index contributed by atoms with van der Waals surface area (Å²) in [7, 11) is 1.63. The van der Waals surface area contributed by atoms with Crippen molar-refractivity contribution in [1.82, 2.24) is 0 Å². The van der Waals surface area contributed by atoms with Crippen LogP contribution in [-0.2, 0) is 23.7 Å². The molecular weight excluding hydrogens is 364 g/mol. The van der Waals surface area contributed by atoms with E-state index in [1.165, 1.54) is 6.92 Å². The highest BCUT2D eigenvalue weighted by atomic mass is 16.7. The molecule has 7 nitrogen and oxygen atoms in total. The summed E-state index contributed by atoms with van der Waals surface area (Å²) in [5.74, 6) is 1.19. The summed E-state index contributed by atoms with van der Waals surface area (Å²) in [6, 6.07) is 7.42. The molecule has 1 aromatic rings. The molecule has 28 heavy (non-hydrogen) atoms. The maximum Gasteiger partial charge on any atom is 0.303 e. The Balaban J connectivity index is 1.48. The van der Waals surface area contributed by atoms with Crippen LogP contribution < -0.4 is 9.47 Å². The normalized spacial score (nSPS) is 32.6. The molecule has 0 radical (unpaired) electrons. The summed E-state index contributed by atoms with van der Waals surface area (Å²) in [4.78, 5) is 11.1. The molecule has 1 aromatic carbocycles. The molecule has 2 aliphatic rings. The number of methoxy groups -OCH3 is 1. The van der Waals surface area contributed by atoms with Crippen molar-refractivity contribution < 1.29 is 33.2 Å². The lowest BCUT2D eigenvalue weighted by Gasteiger charge is -2.37. The monoisotopic (exact) mass is 392 g/mol. The van der Waals surface area contributed by atoms with Gasteiger partial charge in [-0.2, -0.15) is 0 Å². The van der Waals surface area contributed by atoms with E-state index in [2.05, 4.69) is 0 Å². The van der Waals surface area contributed by atoms with Gasteiger partial charge in [0.05, 0.1) is 25.4 Å². The topological polar surface area (TPSA) is 72.5 Å².